The van der Waals surface area contributed by atoms with Gasteiger partial charge in [-0.05, 0) is 24.6 Å². The van der Waals surface area contributed by atoms with Crippen LogP contribution in [0.2, 0.25) is 0 Å². The van der Waals surface area contributed by atoms with E-state index in [1.165, 1.54) is 16.9 Å². The molecule has 26 heavy (non-hydrogen) atoms. The van der Waals surface area contributed by atoms with Crippen LogP contribution in [-0.4, -0.2) is 17.7 Å². The normalized spacial score (nSPS) is 12.0. The summed E-state index contributed by atoms with van der Waals surface area (Å²) in [6, 6.07) is 13.6. The van der Waals surface area contributed by atoms with Crippen molar-refractivity contribution in [2.24, 2.45) is 0 Å². The number of hydrogen-bond acceptors (Lipinski definition) is 6. The fourth-order valence-corrected chi connectivity index (χ4v) is 3.22. The molecular formula is C19H17N3O3S. The molecule has 0 fully saturated rings. The summed E-state index contributed by atoms with van der Waals surface area (Å²) < 4.78 is 10.7. The SMILES string of the molecule is Cc1ccc(CNC(=O)c2csc(Nc3ccc4c(c3)OCO4)n2)cc1. The van der Waals surface area contributed by atoms with Crippen molar-refractivity contribution >= 4 is 28.1 Å². The minimum absolute atomic E-state index is 0.194. The van der Waals surface area contributed by atoms with Crippen molar-refractivity contribution in [3.05, 3.63) is 64.7 Å². The van der Waals surface area contributed by atoms with Gasteiger partial charge in [0, 0.05) is 23.7 Å². The maximum absolute atomic E-state index is 12.3. The lowest BCUT2D eigenvalue weighted by Crippen LogP contribution is -2.23. The number of thiazole rings is 1. The quantitative estimate of drug-likeness (QED) is 0.717. The number of carbonyl (C=O) groups excluding carboxylic acids is 1. The third-order valence-corrected chi connectivity index (χ3v) is 4.69. The number of amides is 1. The molecule has 3 aromatic rings. The molecule has 1 aliphatic rings. The Labute approximate surface area is 154 Å². The molecule has 2 aromatic carbocycles. The van der Waals surface area contributed by atoms with E-state index >= 15 is 0 Å². The summed E-state index contributed by atoms with van der Waals surface area (Å²) in [5.41, 5.74) is 3.47. The van der Waals surface area contributed by atoms with Crippen LogP contribution in [0.4, 0.5) is 10.8 Å². The fraction of sp³-hybridized carbons (Fsp3) is 0.158. The van der Waals surface area contributed by atoms with Gasteiger partial charge in [0.05, 0.1) is 0 Å². The van der Waals surface area contributed by atoms with E-state index in [4.69, 9.17) is 9.47 Å². The molecule has 132 valence electrons. The summed E-state index contributed by atoms with van der Waals surface area (Å²) in [5, 5.41) is 8.45. The summed E-state index contributed by atoms with van der Waals surface area (Å²) in [6.07, 6.45) is 0. The number of rotatable bonds is 5. The number of nitrogens with one attached hydrogen (secondary N) is 2. The Balaban J connectivity index is 1.37. The van der Waals surface area contributed by atoms with E-state index in [1.54, 1.807) is 5.38 Å². The number of carbonyl (C=O) groups is 1. The van der Waals surface area contributed by atoms with E-state index in [-0.39, 0.29) is 12.7 Å². The van der Waals surface area contributed by atoms with Crippen LogP contribution in [0.25, 0.3) is 0 Å². The average molecular weight is 367 g/mol. The van der Waals surface area contributed by atoms with Crippen LogP contribution < -0.4 is 20.1 Å². The highest BCUT2D eigenvalue weighted by atomic mass is 32.1. The maximum Gasteiger partial charge on any atom is 0.271 e. The Bertz CT molecular complexity index is 937. The molecule has 0 spiro atoms. The lowest BCUT2D eigenvalue weighted by molar-refractivity contribution is 0.0946. The first kappa shape index (κ1) is 16.4. The number of nitrogens with zero attached hydrogens (tertiary/aromatic N) is 1. The lowest BCUT2D eigenvalue weighted by Gasteiger charge is -2.05. The molecule has 1 aliphatic heterocycles. The molecule has 0 unspecified atom stereocenters. The Morgan fingerprint density at radius 3 is 2.81 bits per heavy atom. The number of hydrogen-bond donors (Lipinski definition) is 2. The van der Waals surface area contributed by atoms with Crippen molar-refractivity contribution in [2.45, 2.75) is 13.5 Å². The second-order valence-corrected chi connectivity index (χ2v) is 6.76. The van der Waals surface area contributed by atoms with Crippen LogP contribution in [0.3, 0.4) is 0 Å². The van der Waals surface area contributed by atoms with Gasteiger partial charge >= 0.3 is 0 Å². The minimum atomic E-state index is -0.194. The molecular weight excluding hydrogens is 350 g/mol. The molecule has 6 nitrogen and oxygen atoms in total. The van der Waals surface area contributed by atoms with Gasteiger partial charge < -0.3 is 20.1 Å². The van der Waals surface area contributed by atoms with Crippen LogP contribution in [0.5, 0.6) is 11.5 Å². The maximum atomic E-state index is 12.3. The first-order valence-electron chi connectivity index (χ1n) is 8.13. The summed E-state index contributed by atoms with van der Waals surface area (Å²) in [5.74, 6) is 1.23. The average Bonchev–Trinajstić information content (AvgIpc) is 3.30. The lowest BCUT2D eigenvalue weighted by atomic mass is 10.1. The third-order valence-electron chi connectivity index (χ3n) is 3.93. The minimum Gasteiger partial charge on any atom is -0.454 e. The summed E-state index contributed by atoms with van der Waals surface area (Å²) in [6.45, 7) is 2.75. The van der Waals surface area contributed by atoms with E-state index in [1.807, 2.05) is 49.4 Å². The van der Waals surface area contributed by atoms with Gasteiger partial charge in [-0.15, -0.1) is 11.3 Å². The number of aryl methyl sites for hydroxylation is 1. The van der Waals surface area contributed by atoms with Crippen molar-refractivity contribution < 1.29 is 14.3 Å². The molecule has 0 atom stereocenters. The van der Waals surface area contributed by atoms with E-state index in [2.05, 4.69) is 15.6 Å². The molecule has 1 aromatic heterocycles. The van der Waals surface area contributed by atoms with Gasteiger partial charge in [-0.2, -0.15) is 0 Å². The van der Waals surface area contributed by atoms with Crippen LogP contribution in [0, 0.1) is 6.92 Å². The molecule has 0 radical (unpaired) electrons. The van der Waals surface area contributed by atoms with Gasteiger partial charge in [-0.25, -0.2) is 4.98 Å². The zero-order valence-corrected chi connectivity index (χ0v) is 14.9. The molecule has 2 N–H and O–H groups in total. The highest BCUT2D eigenvalue weighted by Gasteiger charge is 2.15. The standard InChI is InChI=1S/C19H17N3O3S/c1-12-2-4-13(5-3-12)9-20-18(23)15-10-26-19(22-15)21-14-6-7-16-17(8-14)25-11-24-16/h2-8,10H,9,11H2,1H3,(H,20,23)(H,21,22). The predicted molar refractivity (Wildman–Crippen MR) is 100 cm³/mol. The first-order valence-corrected chi connectivity index (χ1v) is 9.01. The van der Waals surface area contributed by atoms with Crippen molar-refractivity contribution in [3.63, 3.8) is 0 Å². The third kappa shape index (κ3) is 3.62. The van der Waals surface area contributed by atoms with Crippen molar-refractivity contribution in [2.75, 3.05) is 12.1 Å². The van der Waals surface area contributed by atoms with Gasteiger partial charge in [-0.3, -0.25) is 4.79 Å². The molecule has 0 bridgehead atoms. The van der Waals surface area contributed by atoms with Crippen LogP contribution >= 0.6 is 11.3 Å². The van der Waals surface area contributed by atoms with Crippen LogP contribution in [0.15, 0.2) is 47.8 Å². The predicted octanol–water partition coefficient (Wildman–Crippen LogP) is 3.85. The monoisotopic (exact) mass is 367 g/mol. The topological polar surface area (TPSA) is 72.5 Å². The van der Waals surface area contributed by atoms with Crippen molar-refractivity contribution in [3.8, 4) is 11.5 Å². The summed E-state index contributed by atoms with van der Waals surface area (Å²) >= 11 is 1.37. The van der Waals surface area contributed by atoms with E-state index in [0.717, 1.165) is 17.0 Å². The van der Waals surface area contributed by atoms with Gasteiger partial charge in [0.1, 0.15) is 5.69 Å². The highest BCUT2D eigenvalue weighted by Crippen LogP contribution is 2.35. The molecule has 2 heterocycles. The fourth-order valence-electron chi connectivity index (χ4n) is 2.51. The van der Waals surface area contributed by atoms with E-state index in [0.29, 0.717) is 23.1 Å². The zero-order valence-electron chi connectivity index (χ0n) is 14.1. The second kappa shape index (κ2) is 7.05. The Morgan fingerprint density at radius 2 is 1.96 bits per heavy atom. The van der Waals surface area contributed by atoms with E-state index in [9.17, 15) is 4.79 Å². The molecule has 7 heteroatoms. The van der Waals surface area contributed by atoms with Gasteiger partial charge in [0.15, 0.2) is 16.6 Å². The van der Waals surface area contributed by atoms with Gasteiger partial charge in [0.2, 0.25) is 6.79 Å². The molecule has 1 amide bonds. The smallest absolute Gasteiger partial charge is 0.271 e. The molecule has 0 aliphatic carbocycles. The molecule has 0 saturated heterocycles. The number of anilines is 2. The Morgan fingerprint density at radius 1 is 1.15 bits per heavy atom. The summed E-state index contributed by atoms with van der Waals surface area (Å²) in [4.78, 5) is 16.6. The summed E-state index contributed by atoms with van der Waals surface area (Å²) in [7, 11) is 0. The second-order valence-electron chi connectivity index (χ2n) is 5.90. The van der Waals surface area contributed by atoms with Crippen molar-refractivity contribution in [1.29, 1.82) is 0 Å². The Hall–Kier alpha value is -3.06. The zero-order chi connectivity index (χ0) is 17.9. The first-order chi connectivity index (χ1) is 12.7. The molecule has 4 rings (SSSR count). The van der Waals surface area contributed by atoms with Crippen LogP contribution in [-0.2, 0) is 6.54 Å². The van der Waals surface area contributed by atoms with Gasteiger partial charge in [-0.1, -0.05) is 29.8 Å². The number of aromatic nitrogens is 1. The van der Waals surface area contributed by atoms with Gasteiger partial charge in [0.25, 0.3) is 5.91 Å². The highest BCUT2D eigenvalue weighted by molar-refractivity contribution is 7.14. The molecule has 0 saturated carbocycles. The van der Waals surface area contributed by atoms with Crippen molar-refractivity contribution in [1.82, 2.24) is 10.3 Å². The van der Waals surface area contributed by atoms with Crippen LogP contribution in [0.1, 0.15) is 21.6 Å². The number of fused-ring (bicyclic) bond motifs is 1. The van der Waals surface area contributed by atoms with E-state index < -0.39 is 0 Å². The largest absolute Gasteiger partial charge is 0.454 e. The number of ether oxygens (including phenoxy) is 2. The number of benzene rings is 2. The Kier molecular flexibility index (Phi) is 4.45.